The number of aromatic nitrogens is 1. The number of nitrogens with zero attached hydrogens (tertiary/aromatic N) is 2. The van der Waals surface area contributed by atoms with Crippen LogP contribution in [0.4, 0.5) is 11.4 Å². The third-order valence-corrected chi connectivity index (χ3v) is 7.05. The smallest absolute Gasteiger partial charge is 0.232 e. The van der Waals surface area contributed by atoms with Gasteiger partial charge in [-0.15, -0.1) is 11.3 Å². The van der Waals surface area contributed by atoms with Gasteiger partial charge in [0.05, 0.1) is 24.1 Å². The van der Waals surface area contributed by atoms with Gasteiger partial charge < -0.3 is 5.32 Å². The maximum Gasteiger partial charge on any atom is 0.232 e. The Hall–Kier alpha value is -2.71. The van der Waals surface area contributed by atoms with Crippen LogP contribution in [0.5, 0.6) is 0 Å². The van der Waals surface area contributed by atoms with Gasteiger partial charge in [-0.3, -0.25) is 9.10 Å². The van der Waals surface area contributed by atoms with Crippen LogP contribution in [-0.2, 0) is 27.7 Å². The second-order valence-corrected chi connectivity index (χ2v) is 10.4. The summed E-state index contributed by atoms with van der Waals surface area (Å²) in [5.74, 6) is -0.101. The van der Waals surface area contributed by atoms with E-state index in [0.717, 1.165) is 51.6 Å². The fourth-order valence-electron chi connectivity index (χ4n) is 3.66. The zero-order valence-electron chi connectivity index (χ0n) is 16.9. The highest BCUT2D eigenvalue weighted by Gasteiger charge is 2.24. The van der Waals surface area contributed by atoms with Gasteiger partial charge in [-0.1, -0.05) is 18.2 Å². The number of rotatable bonds is 5. The van der Waals surface area contributed by atoms with E-state index in [1.807, 2.05) is 54.8 Å². The molecule has 0 spiro atoms. The van der Waals surface area contributed by atoms with Gasteiger partial charge in [0.2, 0.25) is 15.9 Å². The number of benzene rings is 2. The van der Waals surface area contributed by atoms with Crippen LogP contribution >= 0.6 is 11.3 Å². The van der Waals surface area contributed by atoms with Crippen molar-refractivity contribution in [2.45, 2.75) is 26.2 Å². The van der Waals surface area contributed by atoms with Crippen molar-refractivity contribution in [1.82, 2.24) is 4.98 Å². The molecule has 3 aromatic rings. The molecular formula is C22H23N3O3S2. The third-order valence-electron chi connectivity index (χ3n) is 5.02. The molecule has 6 nitrogen and oxygen atoms in total. The summed E-state index contributed by atoms with van der Waals surface area (Å²) in [4.78, 5) is 17.0. The van der Waals surface area contributed by atoms with Crippen molar-refractivity contribution >= 4 is 38.6 Å². The molecular weight excluding hydrogens is 418 g/mol. The number of anilines is 2. The van der Waals surface area contributed by atoms with E-state index >= 15 is 0 Å². The maximum atomic E-state index is 12.4. The zero-order chi connectivity index (χ0) is 21.3. The number of hydrogen-bond acceptors (Lipinski definition) is 5. The van der Waals surface area contributed by atoms with Crippen molar-refractivity contribution in [3.05, 3.63) is 64.0 Å². The molecule has 0 saturated heterocycles. The number of carbonyl (C=O) groups is 1. The van der Waals surface area contributed by atoms with Gasteiger partial charge in [0.25, 0.3) is 0 Å². The molecule has 2 aromatic carbocycles. The average Bonchev–Trinajstić information content (AvgIpc) is 3.14. The Balaban J connectivity index is 1.49. The predicted octanol–water partition coefficient (Wildman–Crippen LogP) is 4.01. The van der Waals surface area contributed by atoms with Gasteiger partial charge in [-0.05, 0) is 55.2 Å². The van der Waals surface area contributed by atoms with E-state index in [0.29, 0.717) is 6.54 Å². The molecule has 2 heterocycles. The highest BCUT2D eigenvalue weighted by molar-refractivity contribution is 7.92. The van der Waals surface area contributed by atoms with E-state index in [2.05, 4.69) is 10.3 Å². The Morgan fingerprint density at radius 2 is 2.07 bits per heavy atom. The zero-order valence-corrected chi connectivity index (χ0v) is 18.5. The monoisotopic (exact) mass is 441 g/mol. The van der Waals surface area contributed by atoms with Gasteiger partial charge in [0.1, 0.15) is 5.01 Å². The van der Waals surface area contributed by atoms with E-state index in [1.54, 1.807) is 0 Å². The van der Waals surface area contributed by atoms with Crippen LogP contribution in [0.25, 0.3) is 11.3 Å². The van der Waals surface area contributed by atoms with Crippen LogP contribution in [0.1, 0.15) is 22.6 Å². The van der Waals surface area contributed by atoms with Crippen molar-refractivity contribution in [2.24, 2.45) is 0 Å². The summed E-state index contributed by atoms with van der Waals surface area (Å²) < 4.78 is 25.5. The highest BCUT2D eigenvalue weighted by atomic mass is 32.2. The number of fused-ring (bicyclic) bond motifs is 1. The number of thiazole rings is 1. The Labute approximate surface area is 180 Å². The minimum Gasteiger partial charge on any atom is -0.326 e. The van der Waals surface area contributed by atoms with Gasteiger partial charge in [-0.2, -0.15) is 0 Å². The Kier molecular flexibility index (Phi) is 5.62. The van der Waals surface area contributed by atoms with E-state index in [1.165, 1.54) is 21.9 Å². The van der Waals surface area contributed by atoms with Gasteiger partial charge in [0.15, 0.2) is 0 Å². The van der Waals surface area contributed by atoms with E-state index in [-0.39, 0.29) is 12.3 Å². The Bertz CT molecular complexity index is 1200. The Morgan fingerprint density at radius 1 is 1.23 bits per heavy atom. The quantitative estimate of drug-likeness (QED) is 0.649. The second-order valence-electron chi connectivity index (χ2n) is 7.50. The van der Waals surface area contributed by atoms with Crippen molar-refractivity contribution in [2.75, 3.05) is 22.4 Å². The topological polar surface area (TPSA) is 79.4 Å². The van der Waals surface area contributed by atoms with Crippen LogP contribution in [0, 0.1) is 6.92 Å². The lowest BCUT2D eigenvalue weighted by Gasteiger charge is -2.29. The molecule has 0 fully saturated rings. The molecule has 0 atom stereocenters. The third kappa shape index (κ3) is 4.55. The minimum absolute atomic E-state index is 0.101. The van der Waals surface area contributed by atoms with Crippen molar-refractivity contribution in [3.63, 3.8) is 0 Å². The largest absolute Gasteiger partial charge is 0.326 e. The first kappa shape index (κ1) is 20.6. The van der Waals surface area contributed by atoms with Crippen LogP contribution < -0.4 is 9.62 Å². The summed E-state index contributed by atoms with van der Waals surface area (Å²) in [5, 5.41) is 5.59. The normalized spacial score (nSPS) is 13.7. The molecule has 0 aliphatic carbocycles. The van der Waals surface area contributed by atoms with E-state index < -0.39 is 10.0 Å². The maximum absolute atomic E-state index is 12.4. The number of hydrogen-bond donors (Lipinski definition) is 1. The second kappa shape index (κ2) is 8.20. The fraction of sp³-hybridized carbons (Fsp3) is 0.273. The molecule has 4 rings (SSSR count). The summed E-state index contributed by atoms with van der Waals surface area (Å²) in [5.41, 5.74) is 5.37. The molecule has 156 valence electrons. The van der Waals surface area contributed by atoms with Crippen LogP contribution in [0.15, 0.2) is 47.8 Å². The number of sulfonamides is 1. The van der Waals surface area contributed by atoms with Crippen molar-refractivity contribution < 1.29 is 13.2 Å². The molecule has 1 aliphatic heterocycles. The molecule has 0 saturated carbocycles. The molecule has 1 N–H and O–H groups in total. The summed E-state index contributed by atoms with van der Waals surface area (Å²) in [6.07, 6.45) is 3.09. The molecule has 0 unspecified atom stereocenters. The SMILES string of the molecule is Cc1cccc(NC(=O)Cc2nc(-c3ccc4c(c3)CCCN4S(C)(=O)=O)cs2)c1. The van der Waals surface area contributed by atoms with Gasteiger partial charge in [-0.25, -0.2) is 13.4 Å². The summed E-state index contributed by atoms with van der Waals surface area (Å²) in [6, 6.07) is 13.5. The fourth-order valence-corrected chi connectivity index (χ4v) is 5.45. The summed E-state index contributed by atoms with van der Waals surface area (Å²) >= 11 is 1.45. The standard InChI is InChI=1S/C22H23N3O3S2/c1-15-5-3-7-18(11-15)23-21(26)13-22-24-19(14-29-22)16-8-9-20-17(12-16)6-4-10-25(20)30(2,27)28/h3,5,7-9,11-12,14H,4,6,10,13H2,1-2H3,(H,23,26). The minimum atomic E-state index is -3.28. The molecule has 1 aliphatic rings. The molecule has 0 bridgehead atoms. The molecule has 30 heavy (non-hydrogen) atoms. The Morgan fingerprint density at radius 3 is 2.83 bits per heavy atom. The first-order valence-electron chi connectivity index (χ1n) is 9.71. The average molecular weight is 442 g/mol. The molecule has 8 heteroatoms. The van der Waals surface area contributed by atoms with E-state index in [9.17, 15) is 13.2 Å². The number of amides is 1. The van der Waals surface area contributed by atoms with Crippen LogP contribution in [0.3, 0.4) is 0 Å². The molecule has 1 aromatic heterocycles. The number of nitrogens with one attached hydrogen (secondary N) is 1. The lowest BCUT2D eigenvalue weighted by molar-refractivity contribution is -0.115. The first-order chi connectivity index (χ1) is 14.3. The van der Waals surface area contributed by atoms with Crippen LogP contribution in [0.2, 0.25) is 0 Å². The van der Waals surface area contributed by atoms with Gasteiger partial charge in [0, 0.05) is 23.2 Å². The summed E-state index contributed by atoms with van der Waals surface area (Å²) in [7, 11) is -3.28. The molecule has 0 radical (unpaired) electrons. The lowest BCUT2D eigenvalue weighted by Crippen LogP contribution is -2.34. The first-order valence-corrected chi connectivity index (χ1v) is 12.4. The highest BCUT2D eigenvalue weighted by Crippen LogP contribution is 2.33. The summed E-state index contributed by atoms with van der Waals surface area (Å²) in [6.45, 7) is 2.50. The molecule has 1 amide bonds. The number of aryl methyl sites for hydroxylation is 2. The van der Waals surface area contributed by atoms with Crippen LogP contribution in [-0.4, -0.2) is 32.1 Å². The predicted molar refractivity (Wildman–Crippen MR) is 122 cm³/mol. The lowest BCUT2D eigenvalue weighted by atomic mass is 10.00. The van der Waals surface area contributed by atoms with Crippen molar-refractivity contribution in [1.29, 1.82) is 0 Å². The van der Waals surface area contributed by atoms with Crippen molar-refractivity contribution in [3.8, 4) is 11.3 Å². The van der Waals surface area contributed by atoms with E-state index in [4.69, 9.17) is 0 Å². The van der Waals surface area contributed by atoms with Gasteiger partial charge >= 0.3 is 0 Å². The number of carbonyl (C=O) groups excluding carboxylic acids is 1.